The Kier molecular flexibility index (Phi) is 5.77. The fraction of sp³-hybridized carbons (Fsp3) is 0.500. The van der Waals surface area contributed by atoms with E-state index < -0.39 is 17.4 Å². The lowest BCUT2D eigenvalue weighted by Gasteiger charge is -2.40. The van der Waals surface area contributed by atoms with Gasteiger partial charge in [-0.15, -0.1) is 0 Å². The molecule has 1 heterocycles. The number of nitrogens with zero attached hydrogens (tertiary/aromatic N) is 2. The van der Waals surface area contributed by atoms with E-state index in [1.165, 1.54) is 12.1 Å². The lowest BCUT2D eigenvalue weighted by molar-refractivity contribution is -0.258. The Balaban J connectivity index is 1.49. The van der Waals surface area contributed by atoms with Crippen LogP contribution in [0, 0.1) is 0 Å². The third kappa shape index (κ3) is 4.25. The van der Waals surface area contributed by atoms with Crippen molar-refractivity contribution < 1.29 is 27.5 Å². The van der Waals surface area contributed by atoms with Gasteiger partial charge in [0.05, 0.1) is 0 Å². The topological polar surface area (TPSA) is 53.4 Å². The summed E-state index contributed by atoms with van der Waals surface area (Å²) in [5, 5.41) is 9.85. The Morgan fingerprint density at radius 3 is 2.16 bits per heavy atom. The summed E-state index contributed by atoms with van der Waals surface area (Å²) in [6.45, 7) is 0.688. The molecule has 0 unspecified atom stereocenters. The lowest BCUT2D eigenvalue weighted by atomic mass is 9.79. The number of hydrogen-bond acceptors (Lipinski definition) is 3. The molecule has 4 rings (SSSR count). The normalized spacial score (nSPS) is 25.8. The van der Waals surface area contributed by atoms with Crippen molar-refractivity contribution in [2.75, 3.05) is 0 Å². The van der Waals surface area contributed by atoms with Crippen LogP contribution in [0.4, 0.5) is 17.6 Å². The van der Waals surface area contributed by atoms with Crippen molar-refractivity contribution in [2.24, 2.45) is 0 Å². The fourth-order valence-corrected chi connectivity index (χ4v) is 4.49. The minimum absolute atomic E-state index is 0.0796. The summed E-state index contributed by atoms with van der Waals surface area (Å²) >= 11 is 0. The molecule has 0 aliphatic heterocycles. The molecule has 1 aromatic heterocycles. The van der Waals surface area contributed by atoms with Gasteiger partial charge >= 0.3 is 6.18 Å². The average molecular weight is 450 g/mol. The van der Waals surface area contributed by atoms with Crippen molar-refractivity contribution >= 4 is 5.91 Å². The molecule has 2 aliphatic rings. The van der Waals surface area contributed by atoms with Crippen molar-refractivity contribution in [3.63, 3.8) is 0 Å². The van der Waals surface area contributed by atoms with Crippen molar-refractivity contribution in [1.29, 1.82) is 0 Å². The fourth-order valence-electron chi connectivity index (χ4n) is 4.49. The maximum Gasteiger partial charge on any atom is 0.421 e. The lowest BCUT2D eigenvalue weighted by Crippen LogP contribution is -2.45. The Labute approximate surface area is 184 Å². The molecule has 1 amide bonds. The summed E-state index contributed by atoms with van der Waals surface area (Å²) in [7, 11) is 0. The number of carbonyl (C=O) groups is 1. The zero-order valence-electron chi connectivity index (χ0n) is 17.8. The number of halogens is 4. The minimum Gasteiger partial charge on any atom is -0.376 e. The van der Waals surface area contributed by atoms with Gasteiger partial charge in [-0.25, -0.2) is 4.39 Å². The van der Waals surface area contributed by atoms with Gasteiger partial charge in [-0.2, -0.15) is 13.2 Å². The van der Waals surface area contributed by atoms with E-state index in [1.54, 1.807) is 29.4 Å². The van der Waals surface area contributed by atoms with Crippen LogP contribution >= 0.6 is 0 Å². The molecule has 32 heavy (non-hydrogen) atoms. The van der Waals surface area contributed by atoms with Crippen LogP contribution in [0.15, 0.2) is 48.8 Å². The molecular formula is C24H26F4N2O2. The Hall–Kier alpha value is -2.48. The van der Waals surface area contributed by atoms with Crippen LogP contribution in [-0.4, -0.2) is 39.2 Å². The number of hydrogen-bond donors (Lipinski definition) is 1. The minimum atomic E-state index is -4.83. The second-order valence-corrected chi connectivity index (χ2v) is 9.03. The number of pyridine rings is 1. The molecule has 1 N–H and O–H groups in total. The highest BCUT2D eigenvalue weighted by atomic mass is 19.4. The van der Waals surface area contributed by atoms with Crippen LogP contribution < -0.4 is 0 Å². The maximum absolute atomic E-state index is 15.5. The quantitative estimate of drug-likeness (QED) is 0.632. The first-order valence-electron chi connectivity index (χ1n) is 10.8. The zero-order chi connectivity index (χ0) is 23.1. The van der Waals surface area contributed by atoms with Gasteiger partial charge in [0.2, 0.25) is 0 Å². The molecule has 8 heteroatoms. The first-order chi connectivity index (χ1) is 15.0. The number of amides is 1. The van der Waals surface area contributed by atoms with E-state index in [-0.39, 0.29) is 42.0 Å². The first-order valence-corrected chi connectivity index (χ1v) is 10.8. The molecule has 1 aromatic carbocycles. The smallest absolute Gasteiger partial charge is 0.376 e. The average Bonchev–Trinajstić information content (AvgIpc) is 3.60. The van der Waals surface area contributed by atoms with E-state index in [4.69, 9.17) is 0 Å². The number of aliphatic hydroxyl groups is 1. The van der Waals surface area contributed by atoms with Gasteiger partial charge in [-0.05, 0) is 69.2 Å². The second kappa shape index (κ2) is 8.14. The number of benzene rings is 1. The number of carbonyl (C=O) groups excluding carboxylic acids is 1. The number of alkyl halides is 4. The van der Waals surface area contributed by atoms with Crippen LogP contribution in [0.3, 0.4) is 0 Å². The van der Waals surface area contributed by atoms with Crippen LogP contribution in [-0.2, 0) is 11.3 Å². The maximum atomic E-state index is 15.5. The van der Waals surface area contributed by atoms with E-state index in [2.05, 4.69) is 4.98 Å². The number of aromatic nitrogens is 1. The van der Waals surface area contributed by atoms with E-state index in [0.717, 1.165) is 25.0 Å². The summed E-state index contributed by atoms with van der Waals surface area (Å²) in [6.07, 6.45) is 1.64. The highest BCUT2D eigenvalue weighted by Gasteiger charge is 2.51. The van der Waals surface area contributed by atoms with Gasteiger partial charge in [0.15, 0.2) is 5.60 Å². The molecule has 0 bridgehead atoms. The van der Waals surface area contributed by atoms with Crippen molar-refractivity contribution in [1.82, 2.24) is 9.88 Å². The zero-order valence-corrected chi connectivity index (χ0v) is 17.8. The standard InChI is InChI=1S/C24H26F4N2O2/c1-22(32,24(26,27)28)17-6-4-16(5-7-17)21(31)30(19-8-9-19)20-10-12-23(25,13-11-20)18-3-2-14-29-15-18/h2-7,14-15,19-20,32H,8-13H2,1H3/t20-,22-,23-/m0/s1. The molecule has 1 atom stereocenters. The second-order valence-electron chi connectivity index (χ2n) is 9.03. The third-order valence-electron chi connectivity index (χ3n) is 6.74. The van der Waals surface area contributed by atoms with Crippen LogP contribution in [0.2, 0.25) is 0 Å². The number of rotatable bonds is 5. The van der Waals surface area contributed by atoms with E-state index in [9.17, 15) is 23.1 Å². The molecule has 0 spiro atoms. The Bertz CT molecular complexity index is 948. The third-order valence-corrected chi connectivity index (χ3v) is 6.74. The van der Waals surface area contributed by atoms with E-state index in [0.29, 0.717) is 25.3 Å². The predicted octanol–water partition coefficient (Wildman–Crippen LogP) is 5.26. The van der Waals surface area contributed by atoms with Gasteiger partial charge in [-0.1, -0.05) is 18.2 Å². The summed E-state index contributed by atoms with van der Waals surface area (Å²) in [4.78, 5) is 19.1. The summed E-state index contributed by atoms with van der Waals surface area (Å²) in [5.74, 6) is -0.261. The van der Waals surface area contributed by atoms with E-state index in [1.807, 2.05) is 0 Å². The Morgan fingerprint density at radius 2 is 1.66 bits per heavy atom. The van der Waals surface area contributed by atoms with Crippen molar-refractivity contribution in [2.45, 2.75) is 75.0 Å². The van der Waals surface area contributed by atoms with E-state index >= 15 is 4.39 Å². The van der Waals surface area contributed by atoms with Crippen LogP contribution in [0.25, 0.3) is 0 Å². The summed E-state index contributed by atoms with van der Waals surface area (Å²) in [5.41, 5.74) is -3.97. The van der Waals surface area contributed by atoms with Gasteiger partial charge in [0.25, 0.3) is 5.91 Å². The SMILES string of the molecule is C[C@](O)(c1ccc(C(=O)N(C2CC2)[C@H]2CC[C@@](F)(c3cccnc3)CC2)cc1)C(F)(F)F. The van der Waals surface area contributed by atoms with Crippen LogP contribution in [0.5, 0.6) is 0 Å². The van der Waals surface area contributed by atoms with Crippen molar-refractivity contribution in [3.05, 3.63) is 65.5 Å². The van der Waals surface area contributed by atoms with Crippen LogP contribution in [0.1, 0.15) is 66.9 Å². The molecule has 2 aromatic rings. The van der Waals surface area contributed by atoms with Gasteiger partial charge in [-0.3, -0.25) is 9.78 Å². The molecule has 2 saturated carbocycles. The monoisotopic (exact) mass is 450 g/mol. The highest BCUT2D eigenvalue weighted by Crippen LogP contribution is 2.44. The summed E-state index contributed by atoms with van der Waals surface area (Å²) in [6, 6.07) is 8.33. The largest absolute Gasteiger partial charge is 0.421 e. The highest BCUT2D eigenvalue weighted by molar-refractivity contribution is 5.95. The first kappa shape index (κ1) is 22.7. The Morgan fingerprint density at radius 1 is 1.06 bits per heavy atom. The predicted molar refractivity (Wildman–Crippen MR) is 111 cm³/mol. The molecule has 4 nitrogen and oxygen atoms in total. The van der Waals surface area contributed by atoms with Gasteiger partial charge in [0, 0.05) is 35.6 Å². The molecule has 172 valence electrons. The molecular weight excluding hydrogens is 424 g/mol. The molecule has 0 radical (unpaired) electrons. The summed E-state index contributed by atoms with van der Waals surface area (Å²) < 4.78 is 54.7. The molecule has 0 saturated heterocycles. The van der Waals surface area contributed by atoms with Gasteiger partial charge < -0.3 is 10.0 Å². The molecule has 2 aliphatic carbocycles. The van der Waals surface area contributed by atoms with Crippen molar-refractivity contribution in [3.8, 4) is 0 Å². The van der Waals surface area contributed by atoms with Gasteiger partial charge in [0.1, 0.15) is 5.67 Å². The molecule has 2 fully saturated rings.